The minimum atomic E-state index is -1.30. The maximum atomic E-state index is 12.1. The molecule has 0 aliphatic rings. The van der Waals surface area contributed by atoms with Gasteiger partial charge in [0, 0.05) is 0 Å². The van der Waals surface area contributed by atoms with Crippen molar-refractivity contribution in [2.75, 3.05) is 0 Å². The summed E-state index contributed by atoms with van der Waals surface area (Å²) in [6.07, 6.45) is 0.550. The molecule has 0 saturated carbocycles. The third-order valence-electron chi connectivity index (χ3n) is 3.37. The average Bonchev–Trinajstić information content (AvgIpc) is 2.38. The Balaban J connectivity index is 3.07. The van der Waals surface area contributed by atoms with E-state index in [-0.39, 0.29) is 24.2 Å². The number of hydrogen-bond acceptors (Lipinski definition) is 3. The van der Waals surface area contributed by atoms with Gasteiger partial charge in [0.15, 0.2) is 0 Å². The smallest absolute Gasteiger partial charge is 0.329 e. The van der Waals surface area contributed by atoms with Crippen LogP contribution in [0, 0.1) is 6.92 Å². The molecule has 5 nitrogen and oxygen atoms in total. The molecule has 0 radical (unpaired) electrons. The number of phenolic OH excluding ortho intramolecular Hbond substituents is 1. The molecule has 1 aromatic carbocycles. The molecule has 0 fully saturated rings. The molecule has 0 aliphatic carbocycles. The summed E-state index contributed by atoms with van der Waals surface area (Å²) in [4.78, 5) is 23.4. The fraction of sp³-hybridized carbons (Fsp3) is 0.429. The normalized spacial score (nSPS) is 11.1. The Morgan fingerprint density at radius 3 is 2.32 bits per heavy atom. The number of phenols is 1. The third-order valence-corrected chi connectivity index (χ3v) is 3.37. The molecule has 5 heteroatoms. The Hall–Kier alpha value is -2.04. The molecule has 3 N–H and O–H groups in total. The summed E-state index contributed by atoms with van der Waals surface area (Å²) in [7, 11) is 0. The number of carbonyl (C=O) groups excluding carboxylic acids is 1. The van der Waals surface area contributed by atoms with E-state index in [1.807, 2.05) is 0 Å². The lowest BCUT2D eigenvalue weighted by atomic mass is 9.92. The molecule has 0 aliphatic heterocycles. The highest BCUT2D eigenvalue weighted by Gasteiger charge is 2.37. The van der Waals surface area contributed by atoms with E-state index < -0.39 is 17.4 Å². The Bertz CT molecular complexity index is 492. The van der Waals surface area contributed by atoms with Gasteiger partial charge in [-0.25, -0.2) is 4.79 Å². The van der Waals surface area contributed by atoms with Crippen LogP contribution in [-0.2, 0) is 4.79 Å². The summed E-state index contributed by atoms with van der Waals surface area (Å²) in [6, 6.07) is 4.63. The third kappa shape index (κ3) is 3.05. The molecule has 0 saturated heterocycles. The van der Waals surface area contributed by atoms with Gasteiger partial charge >= 0.3 is 5.97 Å². The summed E-state index contributed by atoms with van der Waals surface area (Å²) >= 11 is 0. The summed E-state index contributed by atoms with van der Waals surface area (Å²) in [5.74, 6) is -1.81. The molecule has 19 heavy (non-hydrogen) atoms. The number of benzene rings is 1. The van der Waals surface area contributed by atoms with E-state index >= 15 is 0 Å². The lowest BCUT2D eigenvalue weighted by Gasteiger charge is -2.28. The van der Waals surface area contributed by atoms with Crippen molar-refractivity contribution in [2.45, 2.75) is 39.2 Å². The molecule has 1 aromatic rings. The number of aliphatic carboxylic acids is 1. The van der Waals surface area contributed by atoms with Gasteiger partial charge < -0.3 is 15.5 Å². The first kappa shape index (κ1) is 15.0. The zero-order valence-corrected chi connectivity index (χ0v) is 11.4. The van der Waals surface area contributed by atoms with Crippen molar-refractivity contribution >= 4 is 11.9 Å². The molecule has 0 bridgehead atoms. The fourth-order valence-corrected chi connectivity index (χ4v) is 1.90. The lowest BCUT2D eigenvalue weighted by Crippen LogP contribution is -2.53. The van der Waals surface area contributed by atoms with E-state index in [4.69, 9.17) is 0 Å². The van der Waals surface area contributed by atoms with Crippen LogP contribution in [0.15, 0.2) is 18.2 Å². The average molecular weight is 265 g/mol. The second kappa shape index (κ2) is 5.73. The van der Waals surface area contributed by atoms with E-state index in [1.54, 1.807) is 26.8 Å². The summed E-state index contributed by atoms with van der Waals surface area (Å²) in [6.45, 7) is 5.20. The van der Waals surface area contributed by atoms with Crippen LogP contribution in [0.3, 0.4) is 0 Å². The molecule has 0 spiro atoms. The first-order valence-electron chi connectivity index (χ1n) is 6.21. The predicted molar refractivity (Wildman–Crippen MR) is 71.3 cm³/mol. The van der Waals surface area contributed by atoms with Gasteiger partial charge in [0.25, 0.3) is 5.91 Å². The number of carboxylic acid groups (broad SMARTS) is 1. The van der Waals surface area contributed by atoms with Crippen molar-refractivity contribution in [2.24, 2.45) is 0 Å². The van der Waals surface area contributed by atoms with Crippen molar-refractivity contribution < 1.29 is 19.8 Å². The summed E-state index contributed by atoms with van der Waals surface area (Å²) in [5.41, 5.74) is -0.391. The molecule has 104 valence electrons. The van der Waals surface area contributed by atoms with Gasteiger partial charge in [-0.15, -0.1) is 0 Å². The molecule has 1 amide bonds. The van der Waals surface area contributed by atoms with E-state index in [9.17, 15) is 19.8 Å². The molecular weight excluding hydrogens is 246 g/mol. The topological polar surface area (TPSA) is 86.6 Å². The number of nitrogens with one attached hydrogen (secondary N) is 1. The number of rotatable bonds is 5. The Kier molecular flexibility index (Phi) is 4.53. The summed E-state index contributed by atoms with van der Waals surface area (Å²) in [5, 5.41) is 21.5. The number of carboxylic acids is 1. The number of amides is 1. The molecular formula is C14H19NO4. The van der Waals surface area contributed by atoms with E-state index in [2.05, 4.69) is 5.32 Å². The first-order valence-corrected chi connectivity index (χ1v) is 6.21. The van der Waals surface area contributed by atoms with Crippen LogP contribution in [0.5, 0.6) is 5.75 Å². The highest BCUT2D eigenvalue weighted by molar-refractivity contribution is 6.00. The lowest BCUT2D eigenvalue weighted by molar-refractivity contribution is -0.144. The van der Waals surface area contributed by atoms with Crippen molar-refractivity contribution in [3.8, 4) is 5.75 Å². The van der Waals surface area contributed by atoms with Crippen molar-refractivity contribution in [3.63, 3.8) is 0 Å². The monoisotopic (exact) mass is 265 g/mol. The number of aryl methyl sites for hydroxylation is 1. The van der Waals surface area contributed by atoms with Gasteiger partial charge in [0.1, 0.15) is 11.3 Å². The minimum absolute atomic E-state index is 0.0903. The van der Waals surface area contributed by atoms with E-state index in [1.165, 1.54) is 12.1 Å². The Morgan fingerprint density at radius 2 is 1.84 bits per heavy atom. The predicted octanol–water partition coefficient (Wildman–Crippen LogP) is 2.07. The first-order chi connectivity index (χ1) is 8.86. The quantitative estimate of drug-likeness (QED) is 0.760. The Labute approximate surface area is 112 Å². The van der Waals surface area contributed by atoms with Crippen molar-refractivity contribution in [1.29, 1.82) is 0 Å². The van der Waals surface area contributed by atoms with Crippen molar-refractivity contribution in [1.82, 2.24) is 5.32 Å². The van der Waals surface area contributed by atoms with Crippen LogP contribution in [0.2, 0.25) is 0 Å². The van der Waals surface area contributed by atoms with E-state index in [0.29, 0.717) is 0 Å². The van der Waals surface area contributed by atoms with Crippen LogP contribution in [0.1, 0.15) is 42.6 Å². The molecule has 0 atom stereocenters. The second-order valence-electron chi connectivity index (χ2n) is 4.57. The summed E-state index contributed by atoms with van der Waals surface area (Å²) < 4.78 is 0. The van der Waals surface area contributed by atoms with Gasteiger partial charge in [-0.1, -0.05) is 25.5 Å². The standard InChI is InChI=1S/C14H19NO4/c1-4-14(5-2,13(18)19)15-12(17)10-8-9(3)6-7-11(10)16/h6-8,16H,4-5H2,1-3H3,(H,15,17)(H,18,19). The number of carbonyl (C=O) groups is 2. The fourth-order valence-electron chi connectivity index (χ4n) is 1.90. The molecule has 1 rings (SSSR count). The minimum Gasteiger partial charge on any atom is -0.507 e. The Morgan fingerprint density at radius 1 is 1.26 bits per heavy atom. The molecule has 0 heterocycles. The number of hydrogen-bond donors (Lipinski definition) is 3. The van der Waals surface area contributed by atoms with Gasteiger partial charge in [-0.3, -0.25) is 4.79 Å². The largest absolute Gasteiger partial charge is 0.507 e. The number of aromatic hydroxyl groups is 1. The SMILES string of the molecule is CCC(CC)(NC(=O)c1cc(C)ccc1O)C(=O)O. The highest BCUT2D eigenvalue weighted by atomic mass is 16.4. The van der Waals surface area contributed by atoms with Gasteiger partial charge in [-0.05, 0) is 31.9 Å². The maximum Gasteiger partial charge on any atom is 0.329 e. The van der Waals surface area contributed by atoms with Crippen LogP contribution in [0.4, 0.5) is 0 Å². The van der Waals surface area contributed by atoms with Crippen molar-refractivity contribution in [3.05, 3.63) is 29.3 Å². The van der Waals surface area contributed by atoms with Gasteiger partial charge in [0.05, 0.1) is 5.56 Å². The zero-order valence-electron chi connectivity index (χ0n) is 11.4. The van der Waals surface area contributed by atoms with Crippen LogP contribution in [0.25, 0.3) is 0 Å². The van der Waals surface area contributed by atoms with E-state index in [0.717, 1.165) is 5.56 Å². The van der Waals surface area contributed by atoms with Gasteiger partial charge in [0.2, 0.25) is 0 Å². The van der Waals surface area contributed by atoms with Gasteiger partial charge in [-0.2, -0.15) is 0 Å². The van der Waals surface area contributed by atoms with Crippen LogP contribution >= 0.6 is 0 Å². The van der Waals surface area contributed by atoms with Crippen LogP contribution in [-0.4, -0.2) is 27.6 Å². The molecule has 0 unspecified atom stereocenters. The zero-order chi connectivity index (χ0) is 14.6. The maximum absolute atomic E-state index is 12.1. The molecule has 0 aromatic heterocycles. The highest BCUT2D eigenvalue weighted by Crippen LogP contribution is 2.21. The second-order valence-corrected chi connectivity index (χ2v) is 4.57. The van der Waals surface area contributed by atoms with Crippen LogP contribution < -0.4 is 5.32 Å².